The molecule has 0 spiro atoms. The van der Waals surface area contributed by atoms with Crippen LogP contribution in [0.3, 0.4) is 0 Å². The van der Waals surface area contributed by atoms with Gasteiger partial charge < -0.3 is 19.9 Å². The summed E-state index contributed by atoms with van der Waals surface area (Å²) in [7, 11) is 3.43. The Bertz CT molecular complexity index is 1070. The number of hydrogen-bond acceptors (Lipinski definition) is 8. The number of ether oxygens (including phenoxy) is 1. The van der Waals surface area contributed by atoms with Crippen molar-refractivity contribution < 1.29 is 14.3 Å². The Morgan fingerprint density at radius 2 is 1.94 bits per heavy atom. The molecular weight excluding hydrogens is 448 g/mol. The SMILES string of the molecule is COc1ccc(C(=O)NCCc2nnc(S[C@H](C)C(=O)Nc3nc(C)c(C)s3)n2C)cc1. The second-order valence-corrected chi connectivity index (χ2v) is 9.61. The molecule has 32 heavy (non-hydrogen) atoms. The minimum atomic E-state index is -0.370. The topological polar surface area (TPSA) is 111 Å². The molecule has 0 unspecified atom stereocenters. The molecule has 2 N–H and O–H groups in total. The molecule has 3 aromatic rings. The molecular formula is C21H26N6O3S2. The smallest absolute Gasteiger partial charge is 0.251 e. The fourth-order valence-electron chi connectivity index (χ4n) is 2.74. The lowest BCUT2D eigenvalue weighted by Gasteiger charge is -2.10. The normalized spacial score (nSPS) is 11.8. The standard InChI is InChI=1S/C21H26N6O3S2/c1-12-13(2)31-20(23-12)24-18(28)14(3)32-21-26-25-17(27(21)4)10-11-22-19(29)15-6-8-16(30-5)9-7-15/h6-9,14H,10-11H2,1-5H3,(H,22,29)(H,23,24,28)/t14-/m1/s1. The second-order valence-electron chi connectivity index (χ2n) is 7.10. The van der Waals surface area contributed by atoms with Gasteiger partial charge in [0.05, 0.1) is 18.1 Å². The summed E-state index contributed by atoms with van der Waals surface area (Å²) in [5.74, 6) is 1.12. The molecule has 2 amide bonds. The first kappa shape index (κ1) is 23.7. The molecule has 0 fully saturated rings. The van der Waals surface area contributed by atoms with E-state index in [4.69, 9.17) is 4.74 Å². The van der Waals surface area contributed by atoms with E-state index in [2.05, 4.69) is 25.8 Å². The van der Waals surface area contributed by atoms with Crippen molar-refractivity contribution in [3.8, 4) is 5.75 Å². The number of aromatic nitrogens is 4. The van der Waals surface area contributed by atoms with Crippen LogP contribution >= 0.6 is 23.1 Å². The van der Waals surface area contributed by atoms with E-state index in [0.717, 1.165) is 16.4 Å². The maximum absolute atomic E-state index is 12.5. The maximum Gasteiger partial charge on any atom is 0.251 e. The highest BCUT2D eigenvalue weighted by molar-refractivity contribution is 8.00. The van der Waals surface area contributed by atoms with Gasteiger partial charge in [0.15, 0.2) is 10.3 Å². The van der Waals surface area contributed by atoms with Crippen molar-refractivity contribution in [3.63, 3.8) is 0 Å². The predicted octanol–water partition coefficient (Wildman–Crippen LogP) is 2.99. The van der Waals surface area contributed by atoms with Gasteiger partial charge in [0.2, 0.25) is 5.91 Å². The number of thioether (sulfide) groups is 1. The van der Waals surface area contributed by atoms with Crippen LogP contribution in [0.5, 0.6) is 5.75 Å². The van der Waals surface area contributed by atoms with Crippen LogP contribution in [0.15, 0.2) is 29.4 Å². The minimum absolute atomic E-state index is 0.139. The summed E-state index contributed by atoms with van der Waals surface area (Å²) >= 11 is 2.78. The molecule has 11 heteroatoms. The first-order chi connectivity index (χ1) is 15.3. The number of benzene rings is 1. The highest BCUT2D eigenvalue weighted by atomic mass is 32.2. The Hall–Kier alpha value is -2.92. The van der Waals surface area contributed by atoms with E-state index in [1.165, 1.54) is 23.1 Å². The first-order valence-electron chi connectivity index (χ1n) is 10.0. The van der Waals surface area contributed by atoms with Gasteiger partial charge in [0, 0.05) is 30.5 Å². The second kappa shape index (κ2) is 10.6. The fraction of sp³-hybridized carbons (Fsp3) is 0.381. The minimum Gasteiger partial charge on any atom is -0.497 e. The molecule has 170 valence electrons. The number of rotatable bonds is 9. The van der Waals surface area contributed by atoms with Gasteiger partial charge in [-0.1, -0.05) is 11.8 Å². The van der Waals surface area contributed by atoms with Gasteiger partial charge >= 0.3 is 0 Å². The van der Waals surface area contributed by atoms with Crippen molar-refractivity contribution in [2.75, 3.05) is 19.0 Å². The summed E-state index contributed by atoms with van der Waals surface area (Å²) < 4.78 is 6.94. The van der Waals surface area contributed by atoms with Crippen molar-refractivity contribution >= 4 is 40.0 Å². The number of nitrogens with zero attached hydrogens (tertiary/aromatic N) is 4. The number of hydrogen-bond donors (Lipinski definition) is 2. The largest absolute Gasteiger partial charge is 0.497 e. The van der Waals surface area contributed by atoms with Crippen LogP contribution in [0.25, 0.3) is 0 Å². The lowest BCUT2D eigenvalue weighted by Crippen LogP contribution is -2.26. The number of carbonyl (C=O) groups excluding carboxylic acids is 2. The average Bonchev–Trinajstić information content (AvgIpc) is 3.28. The zero-order valence-corrected chi connectivity index (χ0v) is 20.3. The number of nitrogens with one attached hydrogen (secondary N) is 2. The monoisotopic (exact) mass is 474 g/mol. The van der Waals surface area contributed by atoms with Crippen molar-refractivity contribution in [1.82, 2.24) is 25.1 Å². The van der Waals surface area contributed by atoms with Crippen LogP contribution in [0.1, 0.15) is 33.7 Å². The Balaban J connectivity index is 1.50. The lowest BCUT2D eigenvalue weighted by atomic mass is 10.2. The highest BCUT2D eigenvalue weighted by Gasteiger charge is 2.20. The molecule has 0 aliphatic heterocycles. The molecule has 0 bridgehead atoms. The molecule has 2 aromatic heterocycles. The van der Waals surface area contributed by atoms with Crippen molar-refractivity contribution in [3.05, 3.63) is 46.2 Å². The number of anilines is 1. The van der Waals surface area contributed by atoms with Gasteiger partial charge in [-0.3, -0.25) is 9.59 Å². The zero-order valence-electron chi connectivity index (χ0n) is 18.6. The Labute approximate surface area is 195 Å². The van der Waals surface area contributed by atoms with E-state index in [0.29, 0.717) is 34.6 Å². The number of thiazole rings is 1. The third-order valence-electron chi connectivity index (χ3n) is 4.82. The molecule has 1 aromatic carbocycles. The van der Waals surface area contributed by atoms with Gasteiger partial charge in [-0.05, 0) is 45.0 Å². The summed E-state index contributed by atoms with van der Waals surface area (Å²) in [5, 5.41) is 15.0. The molecule has 9 nitrogen and oxygen atoms in total. The Morgan fingerprint density at radius 3 is 2.56 bits per heavy atom. The molecule has 0 saturated heterocycles. The first-order valence-corrected chi connectivity index (χ1v) is 11.7. The van der Waals surface area contributed by atoms with Gasteiger partial charge in [-0.25, -0.2) is 4.98 Å². The van der Waals surface area contributed by atoms with E-state index >= 15 is 0 Å². The summed E-state index contributed by atoms with van der Waals surface area (Å²) in [5.41, 5.74) is 1.48. The van der Waals surface area contributed by atoms with Crippen molar-refractivity contribution in [2.24, 2.45) is 7.05 Å². The lowest BCUT2D eigenvalue weighted by molar-refractivity contribution is -0.115. The molecule has 2 heterocycles. The number of carbonyl (C=O) groups is 2. The van der Waals surface area contributed by atoms with E-state index in [-0.39, 0.29) is 17.1 Å². The third kappa shape index (κ3) is 5.86. The van der Waals surface area contributed by atoms with Gasteiger partial charge in [-0.2, -0.15) is 0 Å². The molecule has 0 aliphatic carbocycles. The Morgan fingerprint density at radius 1 is 1.22 bits per heavy atom. The van der Waals surface area contributed by atoms with Crippen molar-refractivity contribution in [2.45, 2.75) is 37.6 Å². The number of aryl methyl sites for hydroxylation is 2. The van der Waals surface area contributed by atoms with Crippen LogP contribution in [-0.2, 0) is 18.3 Å². The average molecular weight is 475 g/mol. The van der Waals surface area contributed by atoms with Gasteiger partial charge in [-0.15, -0.1) is 21.5 Å². The summed E-state index contributed by atoms with van der Waals surface area (Å²) in [6.07, 6.45) is 0.518. The van der Waals surface area contributed by atoms with Gasteiger partial charge in [0.25, 0.3) is 5.91 Å². The highest BCUT2D eigenvalue weighted by Crippen LogP contribution is 2.25. The fourth-order valence-corrected chi connectivity index (χ4v) is 4.39. The number of methoxy groups -OCH3 is 1. The van der Waals surface area contributed by atoms with E-state index in [9.17, 15) is 9.59 Å². The van der Waals surface area contributed by atoms with E-state index < -0.39 is 0 Å². The Kier molecular flexibility index (Phi) is 7.86. The van der Waals surface area contributed by atoms with E-state index in [1.54, 1.807) is 31.4 Å². The summed E-state index contributed by atoms with van der Waals surface area (Å²) in [6.45, 7) is 6.12. The van der Waals surface area contributed by atoms with Crippen molar-refractivity contribution in [1.29, 1.82) is 0 Å². The van der Waals surface area contributed by atoms with Crippen LogP contribution < -0.4 is 15.4 Å². The van der Waals surface area contributed by atoms with Crippen LogP contribution in [0, 0.1) is 13.8 Å². The summed E-state index contributed by atoms with van der Waals surface area (Å²) in [4.78, 5) is 30.2. The molecule has 3 rings (SSSR count). The molecule has 0 saturated carbocycles. The van der Waals surface area contributed by atoms with Crippen LogP contribution in [0.4, 0.5) is 5.13 Å². The van der Waals surface area contributed by atoms with Crippen LogP contribution in [0.2, 0.25) is 0 Å². The molecule has 1 atom stereocenters. The third-order valence-corrected chi connectivity index (χ3v) is 6.94. The number of amides is 2. The summed E-state index contributed by atoms with van der Waals surface area (Å²) in [6, 6.07) is 6.92. The maximum atomic E-state index is 12.5. The van der Waals surface area contributed by atoms with E-state index in [1.807, 2.05) is 32.4 Å². The predicted molar refractivity (Wildman–Crippen MR) is 126 cm³/mol. The zero-order chi connectivity index (χ0) is 23.3. The van der Waals surface area contributed by atoms with Gasteiger partial charge in [0.1, 0.15) is 11.6 Å². The molecule has 0 aliphatic rings. The quantitative estimate of drug-likeness (QED) is 0.459. The van der Waals surface area contributed by atoms with Crippen LogP contribution in [-0.4, -0.2) is 50.5 Å². The molecule has 0 radical (unpaired) electrons.